The third-order valence-electron chi connectivity index (χ3n) is 2.90. The fourth-order valence-corrected chi connectivity index (χ4v) is 2.06. The number of benzene rings is 1. The third kappa shape index (κ3) is 6.12. The summed E-state index contributed by atoms with van der Waals surface area (Å²) in [5, 5.41) is 8.72. The molecule has 1 atom stereocenters. The van der Waals surface area contributed by atoms with Crippen molar-refractivity contribution >= 4 is 35.6 Å². The predicted octanol–water partition coefficient (Wildman–Crippen LogP) is 1.38. The standard InChI is InChI=1S/C14H19N3O3.ClH/c1-10(18)16-11-3-2-4-12(7-11)17-14(19)8-13-9-20-6-5-15-13;/h2-4,7,13,15H,5-6,8-9H2,1H3,(H,16,18)(H,17,19);1H. The van der Waals surface area contributed by atoms with Crippen molar-refractivity contribution in [2.45, 2.75) is 19.4 Å². The van der Waals surface area contributed by atoms with E-state index in [-0.39, 0.29) is 30.3 Å². The summed E-state index contributed by atoms with van der Waals surface area (Å²) >= 11 is 0. The molecule has 0 bridgehead atoms. The summed E-state index contributed by atoms with van der Waals surface area (Å²) in [5.41, 5.74) is 1.33. The molecule has 21 heavy (non-hydrogen) atoms. The summed E-state index contributed by atoms with van der Waals surface area (Å²) in [6.07, 6.45) is 0.365. The van der Waals surface area contributed by atoms with Gasteiger partial charge in [-0.15, -0.1) is 12.4 Å². The average Bonchev–Trinajstić information content (AvgIpc) is 2.39. The molecule has 0 aromatic heterocycles. The van der Waals surface area contributed by atoms with Crippen LogP contribution in [0.3, 0.4) is 0 Å². The monoisotopic (exact) mass is 313 g/mol. The Hall–Kier alpha value is -1.63. The van der Waals surface area contributed by atoms with E-state index >= 15 is 0 Å². The zero-order chi connectivity index (χ0) is 14.4. The molecular weight excluding hydrogens is 294 g/mol. The van der Waals surface area contributed by atoms with Gasteiger partial charge in [-0.3, -0.25) is 9.59 Å². The number of morpholine rings is 1. The highest BCUT2D eigenvalue weighted by Gasteiger charge is 2.16. The second-order valence-electron chi connectivity index (χ2n) is 4.74. The number of amides is 2. The second kappa shape index (κ2) is 8.61. The minimum absolute atomic E-state index is 0. The molecule has 0 spiro atoms. The van der Waals surface area contributed by atoms with E-state index in [2.05, 4.69) is 16.0 Å². The van der Waals surface area contributed by atoms with E-state index in [1.54, 1.807) is 24.3 Å². The topological polar surface area (TPSA) is 79.5 Å². The van der Waals surface area contributed by atoms with Crippen LogP contribution >= 0.6 is 12.4 Å². The van der Waals surface area contributed by atoms with Crippen LogP contribution in [0, 0.1) is 0 Å². The number of hydrogen-bond donors (Lipinski definition) is 3. The summed E-state index contributed by atoms with van der Waals surface area (Å²) in [5.74, 6) is -0.218. The summed E-state index contributed by atoms with van der Waals surface area (Å²) < 4.78 is 5.31. The first-order valence-electron chi connectivity index (χ1n) is 6.62. The van der Waals surface area contributed by atoms with Gasteiger partial charge in [0.2, 0.25) is 11.8 Å². The van der Waals surface area contributed by atoms with Gasteiger partial charge in [0, 0.05) is 37.3 Å². The van der Waals surface area contributed by atoms with Gasteiger partial charge in [-0.05, 0) is 18.2 Å². The van der Waals surface area contributed by atoms with Gasteiger partial charge < -0.3 is 20.7 Å². The summed E-state index contributed by atoms with van der Waals surface area (Å²) in [6.45, 7) is 3.46. The van der Waals surface area contributed by atoms with Crippen molar-refractivity contribution in [3.05, 3.63) is 24.3 Å². The maximum absolute atomic E-state index is 11.9. The first-order chi connectivity index (χ1) is 9.63. The molecule has 1 heterocycles. The molecule has 2 amide bonds. The van der Waals surface area contributed by atoms with Gasteiger partial charge in [0.15, 0.2) is 0 Å². The fourth-order valence-electron chi connectivity index (χ4n) is 2.06. The van der Waals surface area contributed by atoms with Crippen molar-refractivity contribution < 1.29 is 14.3 Å². The highest BCUT2D eigenvalue weighted by atomic mass is 35.5. The van der Waals surface area contributed by atoms with Crippen LogP contribution in [0.5, 0.6) is 0 Å². The van der Waals surface area contributed by atoms with Crippen LogP contribution < -0.4 is 16.0 Å². The number of carbonyl (C=O) groups is 2. The number of hydrogen-bond acceptors (Lipinski definition) is 4. The first kappa shape index (κ1) is 17.4. The maximum atomic E-state index is 11.9. The number of ether oxygens (including phenoxy) is 1. The molecule has 3 N–H and O–H groups in total. The van der Waals surface area contributed by atoms with Crippen molar-refractivity contribution in [3.63, 3.8) is 0 Å². The molecule has 7 heteroatoms. The summed E-state index contributed by atoms with van der Waals surface area (Å²) in [4.78, 5) is 22.9. The minimum Gasteiger partial charge on any atom is -0.378 e. The molecule has 1 aliphatic rings. The smallest absolute Gasteiger partial charge is 0.226 e. The lowest BCUT2D eigenvalue weighted by Crippen LogP contribution is -2.43. The van der Waals surface area contributed by atoms with Crippen molar-refractivity contribution in [2.75, 3.05) is 30.4 Å². The van der Waals surface area contributed by atoms with E-state index in [0.717, 1.165) is 6.54 Å². The Labute approximate surface area is 130 Å². The Morgan fingerprint density at radius 2 is 2.05 bits per heavy atom. The quantitative estimate of drug-likeness (QED) is 0.784. The van der Waals surface area contributed by atoms with Gasteiger partial charge >= 0.3 is 0 Å². The zero-order valence-corrected chi connectivity index (χ0v) is 12.7. The molecule has 1 fully saturated rings. The van der Waals surface area contributed by atoms with Crippen LogP contribution in [-0.2, 0) is 14.3 Å². The molecule has 1 aromatic rings. The van der Waals surface area contributed by atoms with Crippen molar-refractivity contribution in [1.82, 2.24) is 5.32 Å². The Bertz CT molecular complexity index is 490. The Morgan fingerprint density at radius 3 is 2.67 bits per heavy atom. The van der Waals surface area contributed by atoms with E-state index in [0.29, 0.717) is 31.0 Å². The third-order valence-corrected chi connectivity index (χ3v) is 2.90. The number of carbonyl (C=O) groups excluding carboxylic acids is 2. The van der Waals surface area contributed by atoms with Crippen molar-refractivity contribution in [2.24, 2.45) is 0 Å². The largest absolute Gasteiger partial charge is 0.378 e. The maximum Gasteiger partial charge on any atom is 0.226 e. The van der Waals surface area contributed by atoms with E-state index in [4.69, 9.17) is 4.74 Å². The van der Waals surface area contributed by atoms with Crippen LogP contribution in [0.15, 0.2) is 24.3 Å². The highest BCUT2D eigenvalue weighted by molar-refractivity contribution is 5.93. The minimum atomic E-state index is -0.142. The lowest BCUT2D eigenvalue weighted by molar-refractivity contribution is -0.117. The normalized spacial score (nSPS) is 17.5. The van der Waals surface area contributed by atoms with E-state index in [9.17, 15) is 9.59 Å². The van der Waals surface area contributed by atoms with E-state index < -0.39 is 0 Å². The van der Waals surface area contributed by atoms with Crippen molar-refractivity contribution in [1.29, 1.82) is 0 Å². The second-order valence-corrected chi connectivity index (χ2v) is 4.74. The van der Waals surface area contributed by atoms with Crippen LogP contribution in [-0.4, -0.2) is 37.6 Å². The average molecular weight is 314 g/mol. The molecule has 1 aromatic carbocycles. The molecule has 2 rings (SSSR count). The molecule has 0 saturated carbocycles. The lowest BCUT2D eigenvalue weighted by atomic mass is 10.2. The van der Waals surface area contributed by atoms with Crippen LogP contribution in [0.25, 0.3) is 0 Å². The predicted molar refractivity (Wildman–Crippen MR) is 83.9 cm³/mol. The molecule has 1 saturated heterocycles. The molecule has 0 radical (unpaired) electrons. The van der Waals surface area contributed by atoms with E-state index in [1.807, 2.05) is 0 Å². The molecule has 116 valence electrons. The lowest BCUT2D eigenvalue weighted by Gasteiger charge is -2.23. The Balaban J connectivity index is 0.00000220. The molecule has 1 aliphatic heterocycles. The number of anilines is 2. The Morgan fingerprint density at radius 1 is 1.33 bits per heavy atom. The van der Waals surface area contributed by atoms with Crippen LogP contribution in [0.2, 0.25) is 0 Å². The van der Waals surface area contributed by atoms with Gasteiger partial charge in [0.1, 0.15) is 0 Å². The molecule has 6 nitrogen and oxygen atoms in total. The molecular formula is C14H20ClN3O3. The van der Waals surface area contributed by atoms with Gasteiger partial charge in [0.25, 0.3) is 0 Å². The van der Waals surface area contributed by atoms with Crippen LogP contribution in [0.4, 0.5) is 11.4 Å². The summed E-state index contributed by atoms with van der Waals surface area (Å²) in [6, 6.07) is 7.12. The van der Waals surface area contributed by atoms with Gasteiger partial charge in [0.05, 0.1) is 13.2 Å². The van der Waals surface area contributed by atoms with Gasteiger partial charge in [-0.1, -0.05) is 6.07 Å². The SMILES string of the molecule is CC(=O)Nc1cccc(NC(=O)CC2COCCN2)c1.Cl. The molecule has 1 unspecified atom stereocenters. The highest BCUT2D eigenvalue weighted by Crippen LogP contribution is 2.15. The van der Waals surface area contributed by atoms with Crippen molar-refractivity contribution in [3.8, 4) is 0 Å². The van der Waals surface area contributed by atoms with E-state index in [1.165, 1.54) is 6.92 Å². The zero-order valence-electron chi connectivity index (χ0n) is 11.8. The number of halogens is 1. The number of rotatable bonds is 4. The van der Waals surface area contributed by atoms with Gasteiger partial charge in [-0.25, -0.2) is 0 Å². The van der Waals surface area contributed by atoms with Crippen LogP contribution in [0.1, 0.15) is 13.3 Å². The first-order valence-corrected chi connectivity index (χ1v) is 6.62. The summed E-state index contributed by atoms with van der Waals surface area (Å²) in [7, 11) is 0. The number of nitrogens with one attached hydrogen (secondary N) is 3. The molecule has 0 aliphatic carbocycles. The van der Waals surface area contributed by atoms with Gasteiger partial charge in [-0.2, -0.15) is 0 Å². The fraction of sp³-hybridized carbons (Fsp3) is 0.429. The Kier molecular flexibility index (Phi) is 7.14.